The van der Waals surface area contributed by atoms with Gasteiger partial charge in [-0.15, -0.1) is 0 Å². The first-order valence-corrected chi connectivity index (χ1v) is 8.92. The Balaban J connectivity index is 1.44. The molecule has 5 nitrogen and oxygen atoms in total. The van der Waals surface area contributed by atoms with Crippen LogP contribution in [0, 0.1) is 0 Å². The molecule has 1 aliphatic heterocycles. The summed E-state index contributed by atoms with van der Waals surface area (Å²) in [6.45, 7) is 1.42. The lowest BCUT2D eigenvalue weighted by Gasteiger charge is -2.33. The van der Waals surface area contributed by atoms with Crippen LogP contribution in [0.4, 0.5) is 5.69 Å². The molecule has 2 heterocycles. The van der Waals surface area contributed by atoms with E-state index in [1.54, 1.807) is 6.07 Å². The van der Waals surface area contributed by atoms with Gasteiger partial charge in [0.1, 0.15) is 0 Å². The van der Waals surface area contributed by atoms with Crippen LogP contribution in [0.15, 0.2) is 71.3 Å². The third-order valence-corrected chi connectivity index (χ3v) is 4.64. The van der Waals surface area contributed by atoms with Crippen molar-refractivity contribution in [3.05, 3.63) is 72.4 Å². The summed E-state index contributed by atoms with van der Waals surface area (Å²) in [7, 11) is 0. The second-order valence-electron chi connectivity index (χ2n) is 6.54. The highest BCUT2D eigenvalue weighted by molar-refractivity contribution is 5.93. The lowest BCUT2D eigenvalue weighted by molar-refractivity contribution is 0.0704. The zero-order valence-electron chi connectivity index (χ0n) is 14.5. The number of rotatable bonds is 4. The Hall–Kier alpha value is -3.08. The van der Waals surface area contributed by atoms with E-state index in [0.29, 0.717) is 18.0 Å². The maximum atomic E-state index is 12.8. The van der Waals surface area contributed by atoms with E-state index >= 15 is 0 Å². The first kappa shape index (κ1) is 16.4. The number of carbonyl (C=O) groups is 1. The SMILES string of the molecule is O=C(c1cc(-c2ccccc2)on1)N1CCC[C@@H](Nc2ccccc2)C1. The van der Waals surface area contributed by atoms with Crippen molar-refractivity contribution in [3.63, 3.8) is 0 Å². The Bertz CT molecular complexity index is 861. The number of nitrogens with zero attached hydrogens (tertiary/aromatic N) is 2. The van der Waals surface area contributed by atoms with Gasteiger partial charge in [-0.1, -0.05) is 53.7 Å². The van der Waals surface area contributed by atoms with E-state index in [1.165, 1.54) is 0 Å². The van der Waals surface area contributed by atoms with Crippen molar-refractivity contribution in [2.75, 3.05) is 18.4 Å². The van der Waals surface area contributed by atoms with Gasteiger partial charge in [0, 0.05) is 36.4 Å². The van der Waals surface area contributed by atoms with E-state index < -0.39 is 0 Å². The third-order valence-electron chi connectivity index (χ3n) is 4.64. The third kappa shape index (κ3) is 3.61. The summed E-state index contributed by atoms with van der Waals surface area (Å²) in [5.41, 5.74) is 2.37. The molecule has 132 valence electrons. The van der Waals surface area contributed by atoms with Crippen molar-refractivity contribution in [1.82, 2.24) is 10.1 Å². The van der Waals surface area contributed by atoms with Crippen molar-refractivity contribution < 1.29 is 9.32 Å². The molecule has 1 N–H and O–H groups in total. The minimum atomic E-state index is -0.0736. The van der Waals surface area contributed by atoms with Gasteiger partial charge in [0.25, 0.3) is 5.91 Å². The topological polar surface area (TPSA) is 58.4 Å². The maximum Gasteiger partial charge on any atom is 0.276 e. The summed E-state index contributed by atoms with van der Waals surface area (Å²) in [5, 5.41) is 7.50. The smallest absolute Gasteiger partial charge is 0.276 e. The largest absolute Gasteiger partial charge is 0.381 e. The summed E-state index contributed by atoms with van der Waals surface area (Å²) in [4.78, 5) is 14.7. The van der Waals surface area contributed by atoms with Gasteiger partial charge in [-0.05, 0) is 25.0 Å². The molecule has 0 unspecified atom stereocenters. The molecule has 5 heteroatoms. The fourth-order valence-electron chi connectivity index (χ4n) is 3.33. The minimum Gasteiger partial charge on any atom is -0.381 e. The molecule has 26 heavy (non-hydrogen) atoms. The summed E-state index contributed by atoms with van der Waals surface area (Å²) in [6.07, 6.45) is 2.02. The molecule has 0 aliphatic carbocycles. The zero-order chi connectivity index (χ0) is 17.8. The van der Waals surface area contributed by atoms with Gasteiger partial charge >= 0.3 is 0 Å². The number of nitrogens with one attached hydrogen (secondary N) is 1. The Kier molecular flexibility index (Phi) is 4.69. The Morgan fingerprint density at radius 3 is 2.58 bits per heavy atom. The van der Waals surface area contributed by atoms with Gasteiger partial charge in [-0.25, -0.2) is 0 Å². The van der Waals surface area contributed by atoms with Crippen LogP contribution in [-0.4, -0.2) is 35.1 Å². The monoisotopic (exact) mass is 347 g/mol. The van der Waals surface area contributed by atoms with Crippen LogP contribution in [0.2, 0.25) is 0 Å². The number of benzene rings is 2. The van der Waals surface area contributed by atoms with E-state index in [9.17, 15) is 4.79 Å². The van der Waals surface area contributed by atoms with Crippen LogP contribution >= 0.6 is 0 Å². The average molecular weight is 347 g/mol. The number of aromatic nitrogens is 1. The van der Waals surface area contributed by atoms with Gasteiger partial charge in [0.05, 0.1) is 0 Å². The van der Waals surface area contributed by atoms with Crippen LogP contribution in [0.25, 0.3) is 11.3 Å². The van der Waals surface area contributed by atoms with Crippen LogP contribution in [-0.2, 0) is 0 Å². The van der Waals surface area contributed by atoms with Crippen LogP contribution in [0.1, 0.15) is 23.3 Å². The van der Waals surface area contributed by atoms with Crippen molar-refractivity contribution in [2.45, 2.75) is 18.9 Å². The Morgan fingerprint density at radius 1 is 1.08 bits per heavy atom. The zero-order valence-corrected chi connectivity index (χ0v) is 14.5. The van der Waals surface area contributed by atoms with Gasteiger partial charge in [-0.2, -0.15) is 0 Å². The average Bonchev–Trinajstić information content (AvgIpc) is 3.19. The molecule has 1 saturated heterocycles. The molecule has 1 atom stereocenters. The minimum absolute atomic E-state index is 0.0736. The highest BCUT2D eigenvalue weighted by Crippen LogP contribution is 2.22. The Labute approximate surface area is 152 Å². The number of anilines is 1. The molecule has 0 radical (unpaired) electrons. The Morgan fingerprint density at radius 2 is 1.81 bits per heavy atom. The number of para-hydroxylation sites is 1. The van der Waals surface area contributed by atoms with E-state index in [0.717, 1.165) is 30.6 Å². The van der Waals surface area contributed by atoms with Gasteiger partial charge in [0.2, 0.25) is 0 Å². The molecule has 3 aromatic rings. The summed E-state index contributed by atoms with van der Waals surface area (Å²) < 4.78 is 5.37. The normalized spacial score (nSPS) is 17.1. The first-order valence-electron chi connectivity index (χ1n) is 8.92. The molecule has 4 rings (SSSR count). The number of likely N-dealkylation sites (tertiary alicyclic amines) is 1. The molecular formula is C21H21N3O2. The lowest BCUT2D eigenvalue weighted by Crippen LogP contribution is -2.45. The van der Waals surface area contributed by atoms with Crippen LogP contribution in [0.5, 0.6) is 0 Å². The van der Waals surface area contributed by atoms with Crippen molar-refractivity contribution in [2.24, 2.45) is 0 Å². The summed E-state index contributed by atoms with van der Waals surface area (Å²) in [6, 6.07) is 21.8. The number of carbonyl (C=O) groups excluding carboxylic acids is 1. The van der Waals surface area contributed by atoms with Crippen molar-refractivity contribution in [3.8, 4) is 11.3 Å². The molecule has 1 aromatic heterocycles. The molecular weight excluding hydrogens is 326 g/mol. The standard InChI is InChI=1S/C21H21N3O2/c25-21(19-14-20(26-23-19)16-8-3-1-4-9-16)24-13-7-12-18(15-24)22-17-10-5-2-6-11-17/h1-6,8-11,14,18,22H,7,12-13,15H2/t18-/m1/s1. The predicted octanol–water partition coefficient (Wildman–Crippen LogP) is 4.06. The lowest BCUT2D eigenvalue weighted by atomic mass is 10.0. The van der Waals surface area contributed by atoms with E-state index in [1.807, 2.05) is 65.6 Å². The van der Waals surface area contributed by atoms with Gasteiger partial charge in [0.15, 0.2) is 11.5 Å². The van der Waals surface area contributed by atoms with Crippen molar-refractivity contribution in [1.29, 1.82) is 0 Å². The van der Waals surface area contributed by atoms with Crippen molar-refractivity contribution >= 4 is 11.6 Å². The fourth-order valence-corrected chi connectivity index (χ4v) is 3.33. The number of hydrogen-bond acceptors (Lipinski definition) is 4. The van der Waals surface area contributed by atoms with Gasteiger partial charge in [-0.3, -0.25) is 4.79 Å². The molecule has 2 aromatic carbocycles. The molecule has 1 aliphatic rings. The maximum absolute atomic E-state index is 12.8. The van der Waals surface area contributed by atoms with Crippen LogP contribution in [0.3, 0.4) is 0 Å². The van der Waals surface area contributed by atoms with E-state index in [-0.39, 0.29) is 11.9 Å². The molecule has 0 saturated carbocycles. The number of piperidine rings is 1. The second-order valence-corrected chi connectivity index (χ2v) is 6.54. The quantitative estimate of drug-likeness (QED) is 0.773. The summed E-state index contributed by atoms with van der Waals surface area (Å²) in [5.74, 6) is 0.542. The predicted molar refractivity (Wildman–Crippen MR) is 101 cm³/mol. The fraction of sp³-hybridized carbons (Fsp3) is 0.238. The number of hydrogen-bond donors (Lipinski definition) is 1. The van der Waals surface area contributed by atoms with Gasteiger partial charge < -0.3 is 14.7 Å². The van der Waals surface area contributed by atoms with E-state index in [4.69, 9.17) is 4.52 Å². The number of amides is 1. The molecule has 0 spiro atoms. The van der Waals surface area contributed by atoms with Crippen LogP contribution < -0.4 is 5.32 Å². The second kappa shape index (κ2) is 7.44. The first-order chi connectivity index (χ1) is 12.8. The molecule has 1 fully saturated rings. The summed E-state index contributed by atoms with van der Waals surface area (Å²) >= 11 is 0. The van der Waals surface area contributed by atoms with E-state index in [2.05, 4.69) is 10.5 Å². The molecule has 1 amide bonds. The highest BCUT2D eigenvalue weighted by Gasteiger charge is 2.26. The molecule has 0 bridgehead atoms. The highest BCUT2D eigenvalue weighted by atomic mass is 16.5.